The first-order valence-corrected chi connectivity index (χ1v) is 8.00. The molecule has 0 aromatic carbocycles. The maximum atomic E-state index is 4.72. The lowest BCUT2D eigenvalue weighted by atomic mass is 10.2. The Hall–Kier alpha value is -2.01. The molecular weight excluding hydrogens is 280 g/mol. The quantitative estimate of drug-likeness (QED) is 0.789. The molecule has 0 spiro atoms. The molecule has 0 fully saturated rings. The summed E-state index contributed by atoms with van der Waals surface area (Å²) in [4.78, 5) is 16.2. The molecule has 0 aliphatic carbocycles. The maximum absolute atomic E-state index is 4.72. The number of pyridine rings is 1. The second kappa shape index (κ2) is 5.77. The molecular formula is C16H18N4S. The number of hydrogen-bond acceptors (Lipinski definition) is 5. The number of nitrogens with zero attached hydrogens (tertiary/aromatic N) is 3. The molecule has 0 aliphatic heterocycles. The van der Waals surface area contributed by atoms with Gasteiger partial charge in [-0.15, -0.1) is 11.3 Å². The van der Waals surface area contributed by atoms with E-state index in [-0.39, 0.29) is 0 Å². The predicted molar refractivity (Wildman–Crippen MR) is 88.9 cm³/mol. The summed E-state index contributed by atoms with van der Waals surface area (Å²) in [5.41, 5.74) is 1.94. The topological polar surface area (TPSA) is 50.7 Å². The zero-order chi connectivity index (χ0) is 14.8. The number of fused-ring (bicyclic) bond motifs is 1. The minimum Gasteiger partial charge on any atom is -0.370 e. The van der Waals surface area contributed by atoms with E-state index in [0.717, 1.165) is 40.3 Å². The summed E-state index contributed by atoms with van der Waals surface area (Å²) in [5, 5.41) is 4.45. The Morgan fingerprint density at radius 3 is 2.81 bits per heavy atom. The van der Waals surface area contributed by atoms with Crippen LogP contribution in [0.25, 0.3) is 21.7 Å². The number of hydrogen-bond donors (Lipinski definition) is 1. The summed E-state index contributed by atoms with van der Waals surface area (Å²) in [5.74, 6) is 1.60. The summed E-state index contributed by atoms with van der Waals surface area (Å²) in [6, 6.07) is 6.16. The Kier molecular flexibility index (Phi) is 3.84. The smallest absolute Gasteiger partial charge is 0.181 e. The van der Waals surface area contributed by atoms with Crippen molar-refractivity contribution in [2.45, 2.75) is 27.2 Å². The number of aryl methyl sites for hydroxylation is 2. The molecule has 0 amide bonds. The molecule has 0 atom stereocenters. The lowest BCUT2D eigenvalue weighted by Gasteiger charge is -2.08. The van der Waals surface area contributed by atoms with Crippen molar-refractivity contribution in [3.05, 3.63) is 34.8 Å². The Morgan fingerprint density at radius 2 is 2.10 bits per heavy atom. The normalized spacial score (nSPS) is 11.0. The fourth-order valence-corrected chi connectivity index (χ4v) is 3.24. The summed E-state index contributed by atoms with van der Waals surface area (Å²) in [7, 11) is 0. The van der Waals surface area contributed by atoms with Crippen LogP contribution in [-0.4, -0.2) is 21.5 Å². The van der Waals surface area contributed by atoms with Crippen molar-refractivity contribution in [2.24, 2.45) is 0 Å². The highest BCUT2D eigenvalue weighted by molar-refractivity contribution is 7.18. The number of nitrogens with one attached hydrogen (secondary N) is 1. The second-order valence-electron chi connectivity index (χ2n) is 4.88. The molecule has 3 aromatic heterocycles. The average molecular weight is 298 g/mol. The summed E-state index contributed by atoms with van der Waals surface area (Å²) < 4.78 is 0. The van der Waals surface area contributed by atoms with Gasteiger partial charge >= 0.3 is 0 Å². The van der Waals surface area contributed by atoms with E-state index in [4.69, 9.17) is 9.97 Å². The van der Waals surface area contributed by atoms with Crippen LogP contribution in [0, 0.1) is 6.92 Å². The highest BCUT2D eigenvalue weighted by Gasteiger charge is 2.14. The van der Waals surface area contributed by atoms with Gasteiger partial charge in [0.25, 0.3) is 0 Å². The SMILES string of the molecule is CCNc1nc(-c2ncccc2C)nc2sc(CC)cc12. The molecule has 5 heteroatoms. The van der Waals surface area contributed by atoms with Crippen molar-refractivity contribution < 1.29 is 0 Å². The molecule has 0 saturated heterocycles. The molecule has 21 heavy (non-hydrogen) atoms. The Morgan fingerprint density at radius 1 is 1.24 bits per heavy atom. The predicted octanol–water partition coefficient (Wildman–Crippen LogP) is 4.06. The molecule has 4 nitrogen and oxygen atoms in total. The van der Waals surface area contributed by atoms with Crippen molar-refractivity contribution in [3.8, 4) is 11.5 Å². The monoisotopic (exact) mass is 298 g/mol. The van der Waals surface area contributed by atoms with E-state index in [2.05, 4.69) is 30.2 Å². The number of anilines is 1. The van der Waals surface area contributed by atoms with Crippen LogP contribution in [0.3, 0.4) is 0 Å². The van der Waals surface area contributed by atoms with Crippen LogP contribution in [0.5, 0.6) is 0 Å². The van der Waals surface area contributed by atoms with E-state index in [1.54, 1.807) is 17.5 Å². The van der Waals surface area contributed by atoms with Crippen LogP contribution >= 0.6 is 11.3 Å². The first-order valence-electron chi connectivity index (χ1n) is 7.19. The molecule has 0 aliphatic rings. The molecule has 3 rings (SSSR count). The van der Waals surface area contributed by atoms with Gasteiger partial charge in [-0.3, -0.25) is 4.98 Å². The van der Waals surface area contributed by atoms with Crippen molar-refractivity contribution >= 4 is 27.4 Å². The number of aromatic nitrogens is 3. The van der Waals surface area contributed by atoms with Crippen molar-refractivity contribution in [1.82, 2.24) is 15.0 Å². The van der Waals surface area contributed by atoms with Crippen LogP contribution in [0.2, 0.25) is 0 Å². The van der Waals surface area contributed by atoms with Crippen LogP contribution in [-0.2, 0) is 6.42 Å². The van der Waals surface area contributed by atoms with Crippen LogP contribution in [0.15, 0.2) is 24.4 Å². The lowest BCUT2D eigenvalue weighted by molar-refractivity contribution is 1.12. The Bertz CT molecular complexity index is 779. The van der Waals surface area contributed by atoms with Crippen molar-refractivity contribution in [3.63, 3.8) is 0 Å². The summed E-state index contributed by atoms with van der Waals surface area (Å²) in [6.45, 7) is 7.11. The minimum absolute atomic E-state index is 0.695. The largest absolute Gasteiger partial charge is 0.370 e. The Balaban J connectivity index is 2.22. The minimum atomic E-state index is 0.695. The van der Waals surface area contributed by atoms with Gasteiger partial charge in [-0.1, -0.05) is 13.0 Å². The molecule has 1 N–H and O–H groups in total. The molecule has 3 heterocycles. The van der Waals surface area contributed by atoms with Gasteiger partial charge in [0.1, 0.15) is 16.3 Å². The first kappa shape index (κ1) is 13.9. The van der Waals surface area contributed by atoms with Gasteiger partial charge in [0, 0.05) is 17.6 Å². The van der Waals surface area contributed by atoms with Crippen LogP contribution in [0.4, 0.5) is 5.82 Å². The first-order chi connectivity index (χ1) is 10.2. The molecule has 0 saturated carbocycles. The third kappa shape index (κ3) is 2.61. The third-order valence-corrected chi connectivity index (χ3v) is 4.53. The van der Waals surface area contributed by atoms with Crippen molar-refractivity contribution in [1.29, 1.82) is 0 Å². The lowest BCUT2D eigenvalue weighted by Crippen LogP contribution is -2.03. The van der Waals surface area contributed by atoms with Gasteiger partial charge in [-0.2, -0.15) is 0 Å². The van der Waals surface area contributed by atoms with Crippen LogP contribution < -0.4 is 5.32 Å². The second-order valence-corrected chi connectivity index (χ2v) is 6.00. The molecule has 3 aromatic rings. The highest BCUT2D eigenvalue weighted by atomic mass is 32.1. The zero-order valence-corrected chi connectivity index (χ0v) is 13.3. The fraction of sp³-hybridized carbons (Fsp3) is 0.312. The Labute approximate surface area is 128 Å². The maximum Gasteiger partial charge on any atom is 0.181 e. The molecule has 0 bridgehead atoms. The molecule has 0 radical (unpaired) electrons. The average Bonchev–Trinajstić information content (AvgIpc) is 2.91. The standard InChI is InChI=1S/C16H18N4S/c1-4-11-9-12-14(17-5-2)19-15(20-16(12)21-11)13-10(3)7-6-8-18-13/h6-9H,4-5H2,1-3H3,(H,17,19,20). The van der Waals surface area contributed by atoms with Gasteiger partial charge in [0.15, 0.2) is 5.82 Å². The van der Waals surface area contributed by atoms with Gasteiger partial charge in [-0.25, -0.2) is 9.97 Å². The summed E-state index contributed by atoms with van der Waals surface area (Å²) in [6.07, 6.45) is 2.80. The van der Waals surface area contributed by atoms with Crippen molar-refractivity contribution in [2.75, 3.05) is 11.9 Å². The number of thiophene rings is 1. The van der Waals surface area contributed by atoms with E-state index in [1.165, 1.54) is 4.88 Å². The third-order valence-electron chi connectivity index (χ3n) is 3.36. The van der Waals surface area contributed by atoms with E-state index in [0.29, 0.717) is 5.82 Å². The van der Waals surface area contributed by atoms with Gasteiger partial charge in [0.05, 0.1) is 5.39 Å². The zero-order valence-electron chi connectivity index (χ0n) is 12.5. The van der Waals surface area contributed by atoms with E-state index < -0.39 is 0 Å². The van der Waals surface area contributed by atoms with Gasteiger partial charge in [-0.05, 0) is 38.0 Å². The molecule has 108 valence electrons. The van der Waals surface area contributed by atoms with E-state index >= 15 is 0 Å². The molecule has 0 unspecified atom stereocenters. The van der Waals surface area contributed by atoms with E-state index in [1.807, 2.05) is 19.1 Å². The summed E-state index contributed by atoms with van der Waals surface area (Å²) >= 11 is 1.73. The fourth-order valence-electron chi connectivity index (χ4n) is 2.27. The number of rotatable bonds is 4. The van der Waals surface area contributed by atoms with Gasteiger partial charge < -0.3 is 5.32 Å². The highest BCUT2D eigenvalue weighted by Crippen LogP contribution is 2.31. The van der Waals surface area contributed by atoms with E-state index in [9.17, 15) is 0 Å². The van der Waals surface area contributed by atoms with Crippen LogP contribution in [0.1, 0.15) is 24.3 Å². The van der Waals surface area contributed by atoms with Gasteiger partial charge in [0.2, 0.25) is 0 Å².